The molecule has 4 heteroatoms. The molecular formula is C51H85N3S. The molecular weight excluding hydrogens is 687 g/mol. The SMILES string of the molecule is C.C.C.C.CC(C)c1ccc2ccc(C(C)C)nc2c1.CC(C)c1cccc(C(C)C)c1.CC(C)c1cccc(C(C)C)n1.CC(C)c1cnc(C(C)C)s1. The lowest BCUT2D eigenvalue weighted by Gasteiger charge is -2.09. The summed E-state index contributed by atoms with van der Waals surface area (Å²) < 4.78 is 0. The quantitative estimate of drug-likeness (QED) is 0.158. The van der Waals surface area contributed by atoms with E-state index >= 15 is 0 Å². The largest absolute Gasteiger partial charge is 0.257 e. The number of aromatic nitrogens is 3. The fourth-order valence-electron chi connectivity index (χ4n) is 5.05. The van der Waals surface area contributed by atoms with Crippen LogP contribution in [0.5, 0.6) is 0 Å². The number of hydrogen-bond acceptors (Lipinski definition) is 4. The van der Waals surface area contributed by atoms with Gasteiger partial charge in [-0.25, -0.2) is 4.98 Å². The van der Waals surface area contributed by atoms with Gasteiger partial charge in [-0.3, -0.25) is 9.97 Å². The van der Waals surface area contributed by atoms with Gasteiger partial charge in [0.15, 0.2) is 0 Å². The summed E-state index contributed by atoms with van der Waals surface area (Å²) >= 11 is 1.84. The topological polar surface area (TPSA) is 38.7 Å². The van der Waals surface area contributed by atoms with Crippen molar-refractivity contribution < 1.29 is 0 Å². The third-order valence-corrected chi connectivity index (χ3v) is 10.4. The molecule has 55 heavy (non-hydrogen) atoms. The third kappa shape index (κ3) is 18.9. The molecule has 0 bridgehead atoms. The Kier molecular flexibility index (Phi) is 27.7. The van der Waals surface area contributed by atoms with Crippen molar-refractivity contribution in [3.05, 3.63) is 123 Å². The number of thiazole rings is 1. The van der Waals surface area contributed by atoms with Gasteiger partial charge >= 0.3 is 0 Å². The first-order valence-corrected chi connectivity index (χ1v) is 20.2. The van der Waals surface area contributed by atoms with Crippen LogP contribution in [0.4, 0.5) is 0 Å². The molecule has 0 atom stereocenters. The fourth-order valence-corrected chi connectivity index (χ4v) is 5.98. The second-order valence-corrected chi connectivity index (χ2v) is 17.3. The van der Waals surface area contributed by atoms with Crippen LogP contribution in [0.3, 0.4) is 0 Å². The summed E-state index contributed by atoms with van der Waals surface area (Å²) in [6.45, 7) is 35.2. The van der Waals surface area contributed by atoms with Crippen LogP contribution in [-0.2, 0) is 0 Å². The van der Waals surface area contributed by atoms with Crippen molar-refractivity contribution in [2.45, 2.75) is 188 Å². The van der Waals surface area contributed by atoms with Gasteiger partial charge in [0.2, 0.25) is 0 Å². The van der Waals surface area contributed by atoms with E-state index in [4.69, 9.17) is 4.98 Å². The summed E-state index contributed by atoms with van der Waals surface area (Å²) in [5, 5.41) is 2.49. The maximum Gasteiger partial charge on any atom is 0.0953 e. The summed E-state index contributed by atoms with van der Waals surface area (Å²) in [5.41, 5.74) is 8.94. The monoisotopic (exact) mass is 772 g/mol. The molecule has 0 saturated carbocycles. The number of nitrogens with zero attached hydrogens (tertiary/aromatic N) is 3. The van der Waals surface area contributed by atoms with Crippen molar-refractivity contribution in [1.82, 2.24) is 15.0 Å². The lowest BCUT2D eigenvalue weighted by Crippen LogP contribution is -1.98. The average molecular weight is 772 g/mol. The second kappa shape index (κ2) is 27.3. The van der Waals surface area contributed by atoms with Gasteiger partial charge in [-0.15, -0.1) is 11.3 Å². The first-order chi connectivity index (χ1) is 23.9. The van der Waals surface area contributed by atoms with Crippen molar-refractivity contribution >= 4 is 22.2 Å². The highest BCUT2D eigenvalue weighted by Gasteiger charge is 2.08. The minimum absolute atomic E-state index is 0. The first-order valence-electron chi connectivity index (χ1n) is 19.3. The van der Waals surface area contributed by atoms with Crippen LogP contribution in [0, 0.1) is 0 Å². The Morgan fingerprint density at radius 3 is 1.20 bits per heavy atom. The molecule has 0 unspecified atom stereocenters. The molecule has 0 fully saturated rings. The molecule has 0 spiro atoms. The van der Waals surface area contributed by atoms with E-state index in [-0.39, 0.29) is 29.7 Å². The van der Waals surface area contributed by atoms with E-state index in [1.54, 1.807) is 0 Å². The van der Waals surface area contributed by atoms with Crippen LogP contribution < -0.4 is 0 Å². The van der Waals surface area contributed by atoms with Gasteiger partial charge in [0.25, 0.3) is 0 Å². The maximum atomic E-state index is 4.72. The van der Waals surface area contributed by atoms with Gasteiger partial charge in [0, 0.05) is 39.5 Å². The van der Waals surface area contributed by atoms with Crippen molar-refractivity contribution in [2.75, 3.05) is 0 Å². The van der Waals surface area contributed by atoms with Gasteiger partial charge in [-0.2, -0.15) is 0 Å². The zero-order chi connectivity index (χ0) is 38.4. The average Bonchev–Trinajstić information content (AvgIpc) is 3.60. The van der Waals surface area contributed by atoms with Crippen LogP contribution in [0.25, 0.3) is 10.9 Å². The molecule has 0 aliphatic rings. The molecule has 5 aromatic rings. The normalized spacial score (nSPS) is 10.5. The van der Waals surface area contributed by atoms with E-state index in [0.29, 0.717) is 47.3 Å². The highest BCUT2D eigenvalue weighted by molar-refractivity contribution is 7.11. The summed E-state index contributed by atoms with van der Waals surface area (Å²) in [5.74, 6) is 4.60. The highest BCUT2D eigenvalue weighted by atomic mass is 32.1. The maximum absolute atomic E-state index is 4.72. The zero-order valence-electron chi connectivity index (χ0n) is 34.9. The van der Waals surface area contributed by atoms with Crippen molar-refractivity contribution in [2.24, 2.45) is 0 Å². The van der Waals surface area contributed by atoms with E-state index < -0.39 is 0 Å². The van der Waals surface area contributed by atoms with E-state index in [9.17, 15) is 0 Å². The first kappa shape index (κ1) is 56.0. The fraction of sp³-hybridized carbons (Fsp3) is 0.549. The Morgan fingerprint density at radius 2 is 0.818 bits per heavy atom. The van der Waals surface area contributed by atoms with Gasteiger partial charge in [-0.05, 0) is 82.4 Å². The highest BCUT2D eigenvalue weighted by Crippen LogP contribution is 2.26. The van der Waals surface area contributed by atoms with Crippen LogP contribution in [0.1, 0.15) is 231 Å². The summed E-state index contributed by atoms with van der Waals surface area (Å²) in [4.78, 5) is 15.0. The van der Waals surface area contributed by atoms with E-state index in [2.05, 4.69) is 194 Å². The molecule has 0 saturated heterocycles. The number of fused-ring (bicyclic) bond motifs is 1. The molecule has 3 heterocycles. The lowest BCUT2D eigenvalue weighted by atomic mass is 9.96. The van der Waals surface area contributed by atoms with E-state index in [0.717, 1.165) is 5.52 Å². The number of benzene rings is 2. The predicted molar refractivity (Wildman–Crippen MR) is 254 cm³/mol. The minimum atomic E-state index is 0. The van der Waals surface area contributed by atoms with Gasteiger partial charge in [0.1, 0.15) is 0 Å². The molecule has 3 aromatic heterocycles. The molecule has 0 N–H and O–H groups in total. The van der Waals surface area contributed by atoms with Gasteiger partial charge in [0.05, 0.1) is 10.5 Å². The van der Waals surface area contributed by atoms with E-state index in [1.807, 2.05) is 17.5 Å². The van der Waals surface area contributed by atoms with Crippen LogP contribution in [0.2, 0.25) is 0 Å². The van der Waals surface area contributed by atoms with Gasteiger partial charge in [-0.1, -0.05) is 189 Å². The Balaban J connectivity index is -0.000000647. The number of rotatable bonds is 8. The predicted octanol–water partition coefficient (Wildman–Crippen LogP) is 17.7. The van der Waals surface area contributed by atoms with Crippen LogP contribution in [0.15, 0.2) is 79.0 Å². The molecule has 310 valence electrons. The summed E-state index contributed by atoms with van der Waals surface area (Å²) in [6.07, 6.45) is 2.00. The third-order valence-electron chi connectivity index (χ3n) is 8.82. The standard InChI is InChI=1S/C15H19N.C12H18.C11H17N.C9H15NS.4CH4/c1-10(2)13-6-5-12-7-8-14(11(3)4)16-15(12)9-13;1-9(2)11-6-5-7-12(8-11)10(3)4;1-8(2)10-6-5-7-11(12-10)9(3)4;1-6(2)8-5-10-9(11-8)7(3)4;;;;/h5-11H,1-4H3;5-10H,1-4H3;5-9H,1-4H3;5-7H,1-4H3;4*1H4. The molecule has 0 amide bonds. The number of pyridine rings is 2. The van der Waals surface area contributed by atoms with Crippen molar-refractivity contribution in [3.63, 3.8) is 0 Å². The van der Waals surface area contributed by atoms with Crippen molar-refractivity contribution in [3.8, 4) is 0 Å². The molecule has 0 radical (unpaired) electrons. The summed E-state index contributed by atoms with van der Waals surface area (Å²) in [7, 11) is 0. The Hall–Kier alpha value is -3.37. The molecule has 3 nitrogen and oxygen atoms in total. The number of hydrogen-bond donors (Lipinski definition) is 0. The molecule has 5 rings (SSSR count). The minimum Gasteiger partial charge on any atom is -0.257 e. The lowest BCUT2D eigenvalue weighted by molar-refractivity contribution is 0.765. The van der Waals surface area contributed by atoms with Crippen LogP contribution >= 0.6 is 11.3 Å². The molecule has 0 aliphatic heterocycles. The second-order valence-electron chi connectivity index (χ2n) is 16.2. The smallest absolute Gasteiger partial charge is 0.0953 e. The Bertz CT molecular complexity index is 1560. The summed E-state index contributed by atoms with van der Waals surface area (Å²) in [6, 6.07) is 26.0. The van der Waals surface area contributed by atoms with Crippen molar-refractivity contribution in [1.29, 1.82) is 0 Å². The zero-order valence-corrected chi connectivity index (χ0v) is 35.7. The van der Waals surface area contributed by atoms with Crippen LogP contribution in [-0.4, -0.2) is 15.0 Å². The Morgan fingerprint density at radius 1 is 0.400 bits per heavy atom. The molecule has 2 aromatic carbocycles. The van der Waals surface area contributed by atoms with E-state index in [1.165, 1.54) is 49.0 Å². The molecule has 0 aliphatic carbocycles. The van der Waals surface area contributed by atoms with Gasteiger partial charge < -0.3 is 0 Å². The Labute approximate surface area is 346 Å².